The summed E-state index contributed by atoms with van der Waals surface area (Å²) in [6.07, 6.45) is 6.95. The van der Waals surface area contributed by atoms with Gasteiger partial charge in [0.2, 0.25) is 0 Å². The van der Waals surface area contributed by atoms with Crippen LogP contribution in [-0.2, 0) is 0 Å². The van der Waals surface area contributed by atoms with E-state index in [2.05, 4.69) is 18.2 Å². The number of allylic oxidation sites excluding steroid dienone is 4. The van der Waals surface area contributed by atoms with Crippen molar-refractivity contribution in [1.29, 1.82) is 0 Å². The minimum absolute atomic E-state index is 0.959. The molecule has 42 valence electrons. The average molecular weight is 301 g/mol. The van der Waals surface area contributed by atoms with Crippen molar-refractivity contribution in [2.75, 3.05) is 0 Å². The number of fused-ring (bicyclic) bond motifs is 1. The predicted octanol–water partition coefficient (Wildman–Crippen LogP) is 0.185. The zero-order valence-electron chi connectivity index (χ0n) is 4.03. The molecule has 8 heavy (non-hydrogen) atoms. The Balaban J connectivity index is 2.29. The van der Waals surface area contributed by atoms with Crippen molar-refractivity contribution < 1.29 is 0 Å². The summed E-state index contributed by atoms with van der Waals surface area (Å²) in [7, 11) is 0. The molecule has 1 saturated heterocycles. The van der Waals surface area contributed by atoms with Gasteiger partial charge in [-0.3, -0.25) is 0 Å². The molecular weight excluding hydrogens is 297 g/mol. The van der Waals surface area contributed by atoms with E-state index in [1.54, 1.807) is 4.47 Å². The zero-order chi connectivity index (χ0) is 5.40. The summed E-state index contributed by atoms with van der Waals surface area (Å²) >= 11 is 3.04. The van der Waals surface area contributed by atoms with Crippen molar-refractivity contribution >= 4 is 37.6 Å². The molecule has 1 heterocycles. The van der Waals surface area contributed by atoms with Gasteiger partial charge < -0.3 is 0 Å². The van der Waals surface area contributed by atoms with E-state index in [0.29, 0.717) is 0 Å². The van der Waals surface area contributed by atoms with Gasteiger partial charge in [-0.1, -0.05) is 0 Å². The number of hydrogen-bond acceptors (Lipinski definition) is 0. The van der Waals surface area contributed by atoms with Crippen LogP contribution in [0.3, 0.4) is 0 Å². The molecule has 0 aromatic heterocycles. The Bertz CT molecular complexity index is 159. The van der Waals surface area contributed by atoms with Crippen molar-refractivity contribution in [2.24, 2.45) is 0 Å². The molecule has 0 aromatic rings. The van der Waals surface area contributed by atoms with Crippen LogP contribution in [-0.4, -0.2) is 37.6 Å². The Labute approximate surface area is 64.8 Å². The van der Waals surface area contributed by atoms with E-state index >= 15 is 0 Å². The summed E-state index contributed by atoms with van der Waals surface area (Å²) in [6.45, 7) is 0. The summed E-state index contributed by atoms with van der Waals surface area (Å²) in [5.74, 6) is 0. The average Bonchev–Trinajstić information content (AvgIpc) is 2.15. The van der Waals surface area contributed by atoms with Gasteiger partial charge in [-0.05, 0) is 0 Å². The van der Waals surface area contributed by atoms with Crippen LogP contribution in [0, 0.1) is 0 Å². The second kappa shape index (κ2) is 2.34. The van der Waals surface area contributed by atoms with Crippen LogP contribution in [0.2, 0.25) is 4.82 Å². The third-order valence-electron chi connectivity index (χ3n) is 1.10. The molecule has 2 aliphatic rings. The monoisotopic (exact) mass is 304 g/mol. The van der Waals surface area contributed by atoms with Gasteiger partial charge >= 0.3 is 65.1 Å². The molecule has 0 aromatic carbocycles. The quantitative estimate of drug-likeness (QED) is 0.560. The molecule has 0 amide bonds. The molecule has 0 bridgehead atoms. The fourth-order valence-electron chi connectivity index (χ4n) is 0.697. The normalized spacial score (nSPS) is 33.0. The SMILES string of the molecule is C1=CC2[Se][Se][Se]C2=C1. The molecule has 1 fully saturated rings. The van der Waals surface area contributed by atoms with Crippen molar-refractivity contribution in [2.45, 2.75) is 4.82 Å². The second-order valence-electron chi connectivity index (χ2n) is 1.62. The number of hydrogen-bond donors (Lipinski definition) is 0. The minimum atomic E-state index is 0.959. The first kappa shape index (κ1) is 5.80. The molecule has 0 spiro atoms. The molecular formula is C5H4Se3. The summed E-state index contributed by atoms with van der Waals surface area (Å²) < 4.78 is 1.79. The molecule has 3 heteroatoms. The van der Waals surface area contributed by atoms with E-state index in [9.17, 15) is 0 Å². The van der Waals surface area contributed by atoms with Gasteiger partial charge in [-0.15, -0.1) is 0 Å². The Morgan fingerprint density at radius 3 is 3.38 bits per heavy atom. The first-order valence-corrected chi connectivity index (χ1v) is 12.9. The Morgan fingerprint density at radius 1 is 1.50 bits per heavy atom. The third kappa shape index (κ3) is 0.884. The molecule has 1 atom stereocenters. The van der Waals surface area contributed by atoms with Crippen LogP contribution in [0.1, 0.15) is 0 Å². The van der Waals surface area contributed by atoms with Crippen molar-refractivity contribution in [3.8, 4) is 0 Å². The van der Waals surface area contributed by atoms with Gasteiger partial charge in [0.25, 0.3) is 0 Å². The Kier molecular flexibility index (Phi) is 1.70. The van der Waals surface area contributed by atoms with Crippen molar-refractivity contribution in [3.05, 3.63) is 22.7 Å². The summed E-state index contributed by atoms with van der Waals surface area (Å²) in [5, 5.41) is 0. The van der Waals surface area contributed by atoms with E-state index in [1.807, 2.05) is 0 Å². The molecule has 0 nitrogen and oxygen atoms in total. The van der Waals surface area contributed by atoms with Crippen molar-refractivity contribution in [3.63, 3.8) is 0 Å². The summed E-state index contributed by atoms with van der Waals surface area (Å²) in [6, 6.07) is 0. The van der Waals surface area contributed by atoms with Crippen LogP contribution in [0.25, 0.3) is 0 Å². The van der Waals surface area contributed by atoms with E-state index in [-0.39, 0.29) is 0 Å². The van der Waals surface area contributed by atoms with Crippen LogP contribution in [0.4, 0.5) is 0 Å². The zero-order valence-corrected chi connectivity index (χ0v) is 9.17. The van der Waals surface area contributed by atoms with Gasteiger partial charge in [0.1, 0.15) is 0 Å². The molecule has 0 saturated carbocycles. The fraction of sp³-hybridized carbons (Fsp3) is 0.200. The summed E-state index contributed by atoms with van der Waals surface area (Å²) in [5.41, 5.74) is 0. The topological polar surface area (TPSA) is 0 Å². The predicted molar refractivity (Wildman–Crippen MR) is 38.2 cm³/mol. The van der Waals surface area contributed by atoms with E-state index in [0.717, 1.165) is 42.4 Å². The van der Waals surface area contributed by atoms with Crippen LogP contribution in [0.15, 0.2) is 22.7 Å². The van der Waals surface area contributed by atoms with E-state index in [4.69, 9.17) is 0 Å². The van der Waals surface area contributed by atoms with Gasteiger partial charge in [-0.2, -0.15) is 0 Å². The molecule has 0 N–H and O–H groups in total. The van der Waals surface area contributed by atoms with E-state index in [1.165, 1.54) is 0 Å². The van der Waals surface area contributed by atoms with Gasteiger partial charge in [0.15, 0.2) is 0 Å². The standard InChI is InChI=1S/C5H4Se3/c1-2-4-5(3-1)7-8-6-4/h1-4H. The van der Waals surface area contributed by atoms with Crippen LogP contribution in [0.5, 0.6) is 0 Å². The fourth-order valence-corrected chi connectivity index (χ4v) is 24.0. The van der Waals surface area contributed by atoms with Gasteiger partial charge in [0.05, 0.1) is 0 Å². The molecule has 0 radical (unpaired) electrons. The van der Waals surface area contributed by atoms with Crippen LogP contribution >= 0.6 is 0 Å². The third-order valence-corrected chi connectivity index (χ3v) is 18.9. The first-order valence-electron chi connectivity index (χ1n) is 2.35. The van der Waals surface area contributed by atoms with Crippen molar-refractivity contribution in [1.82, 2.24) is 0 Å². The second-order valence-corrected chi connectivity index (χ2v) is 17.8. The number of rotatable bonds is 0. The molecule has 1 aliphatic carbocycles. The molecule has 1 unspecified atom stereocenters. The van der Waals surface area contributed by atoms with E-state index < -0.39 is 0 Å². The first-order chi connectivity index (χ1) is 3.97. The Morgan fingerprint density at radius 2 is 2.50 bits per heavy atom. The molecule has 2 rings (SSSR count). The van der Waals surface area contributed by atoms with Gasteiger partial charge in [0, 0.05) is 0 Å². The van der Waals surface area contributed by atoms with Crippen LogP contribution < -0.4 is 0 Å². The maximum absolute atomic E-state index is 2.38. The van der Waals surface area contributed by atoms with Gasteiger partial charge in [-0.25, -0.2) is 0 Å². The summed E-state index contributed by atoms with van der Waals surface area (Å²) in [4.78, 5) is 0.975. The maximum atomic E-state index is 2.38. The molecule has 1 aliphatic heterocycles. The Hall–Kier alpha value is 1.04.